The van der Waals surface area contributed by atoms with Crippen LogP contribution in [-0.4, -0.2) is 62.3 Å². The first-order chi connectivity index (χ1) is 12.0. The summed E-state index contributed by atoms with van der Waals surface area (Å²) in [7, 11) is 0. The number of rotatable bonds is 7. The lowest BCUT2D eigenvalue weighted by Gasteiger charge is -2.39. The molecule has 2 N–H and O–H groups in total. The Morgan fingerprint density at radius 1 is 1.24 bits per heavy atom. The zero-order valence-corrected chi connectivity index (χ0v) is 16.4. The van der Waals surface area contributed by atoms with E-state index in [0.717, 1.165) is 68.9 Å². The number of hydrogen-bond acceptors (Lipinski definition) is 3. The lowest BCUT2D eigenvalue weighted by Crippen LogP contribution is -2.52. The Morgan fingerprint density at radius 3 is 2.64 bits per heavy atom. The van der Waals surface area contributed by atoms with E-state index in [1.165, 1.54) is 0 Å². The number of morpholine rings is 1. The van der Waals surface area contributed by atoms with E-state index in [-0.39, 0.29) is 5.54 Å². The lowest BCUT2D eigenvalue weighted by atomic mass is 10.0. The molecule has 0 aliphatic carbocycles. The Bertz CT molecular complexity index is 556. The summed E-state index contributed by atoms with van der Waals surface area (Å²) in [6.45, 7) is 12.5. The highest BCUT2D eigenvalue weighted by atomic mass is 35.5. The van der Waals surface area contributed by atoms with Crippen LogP contribution in [0.2, 0.25) is 5.02 Å². The summed E-state index contributed by atoms with van der Waals surface area (Å²) in [6.07, 6.45) is 0.872. The van der Waals surface area contributed by atoms with E-state index in [1.807, 2.05) is 18.2 Å². The van der Waals surface area contributed by atoms with E-state index in [1.54, 1.807) is 0 Å². The monoisotopic (exact) mass is 366 g/mol. The number of nitrogens with zero attached hydrogens (tertiary/aromatic N) is 2. The molecule has 0 radical (unpaired) electrons. The molecular weight excluding hydrogens is 336 g/mol. The van der Waals surface area contributed by atoms with Crippen molar-refractivity contribution in [3.8, 4) is 0 Å². The second kappa shape index (κ2) is 10.00. The van der Waals surface area contributed by atoms with Crippen LogP contribution < -0.4 is 10.6 Å². The Kier molecular flexibility index (Phi) is 8.00. The topological polar surface area (TPSA) is 48.9 Å². The minimum Gasteiger partial charge on any atom is -0.379 e. The molecular formula is C19H31ClN4O. The number of guanidine groups is 1. The summed E-state index contributed by atoms with van der Waals surface area (Å²) in [5, 5.41) is 7.55. The molecule has 25 heavy (non-hydrogen) atoms. The molecule has 1 aliphatic heterocycles. The maximum Gasteiger partial charge on any atom is 0.191 e. The molecule has 0 aromatic heterocycles. The molecule has 5 nitrogen and oxygen atoms in total. The van der Waals surface area contributed by atoms with E-state index in [2.05, 4.69) is 42.4 Å². The van der Waals surface area contributed by atoms with Gasteiger partial charge in [0.05, 0.1) is 19.8 Å². The quantitative estimate of drug-likeness (QED) is 0.575. The molecule has 2 rings (SSSR count). The van der Waals surface area contributed by atoms with Crippen molar-refractivity contribution in [2.24, 2.45) is 4.99 Å². The fourth-order valence-electron chi connectivity index (χ4n) is 2.90. The SMILES string of the molecule is CCNC(=NCC(C)(C)N1CCOCC1)NCCc1ccccc1Cl. The highest BCUT2D eigenvalue weighted by Gasteiger charge is 2.28. The lowest BCUT2D eigenvalue weighted by molar-refractivity contribution is -0.00683. The minimum atomic E-state index is 0.0227. The first-order valence-electron chi connectivity index (χ1n) is 9.11. The van der Waals surface area contributed by atoms with E-state index in [0.29, 0.717) is 0 Å². The number of ether oxygens (including phenoxy) is 1. The van der Waals surface area contributed by atoms with Crippen LogP contribution >= 0.6 is 11.6 Å². The van der Waals surface area contributed by atoms with Crippen molar-refractivity contribution in [3.05, 3.63) is 34.9 Å². The van der Waals surface area contributed by atoms with Gasteiger partial charge in [-0.3, -0.25) is 9.89 Å². The van der Waals surface area contributed by atoms with Gasteiger partial charge in [-0.2, -0.15) is 0 Å². The third kappa shape index (κ3) is 6.49. The second-order valence-electron chi connectivity index (χ2n) is 6.88. The molecule has 0 atom stereocenters. The molecule has 0 spiro atoms. The largest absolute Gasteiger partial charge is 0.379 e. The molecule has 1 saturated heterocycles. The fourth-order valence-corrected chi connectivity index (χ4v) is 3.13. The van der Waals surface area contributed by atoms with Gasteiger partial charge in [0.15, 0.2) is 5.96 Å². The highest BCUT2D eigenvalue weighted by Crippen LogP contribution is 2.17. The van der Waals surface area contributed by atoms with Crippen LogP contribution in [0.15, 0.2) is 29.3 Å². The summed E-state index contributed by atoms with van der Waals surface area (Å²) < 4.78 is 5.45. The number of benzene rings is 1. The van der Waals surface area contributed by atoms with Gasteiger partial charge in [0.25, 0.3) is 0 Å². The average molecular weight is 367 g/mol. The van der Waals surface area contributed by atoms with Crippen LogP contribution in [0.5, 0.6) is 0 Å². The molecule has 0 unspecified atom stereocenters. The van der Waals surface area contributed by atoms with Crippen molar-refractivity contribution in [1.82, 2.24) is 15.5 Å². The molecule has 1 fully saturated rings. The number of halogens is 1. The summed E-state index contributed by atoms with van der Waals surface area (Å²) >= 11 is 6.22. The first kappa shape index (κ1) is 20.0. The third-order valence-electron chi connectivity index (χ3n) is 4.48. The third-order valence-corrected chi connectivity index (χ3v) is 4.85. The van der Waals surface area contributed by atoms with Crippen LogP contribution in [0, 0.1) is 0 Å². The summed E-state index contributed by atoms with van der Waals surface area (Å²) in [4.78, 5) is 7.24. The van der Waals surface area contributed by atoms with Crippen LogP contribution in [0.3, 0.4) is 0 Å². The van der Waals surface area contributed by atoms with Gasteiger partial charge in [0.1, 0.15) is 0 Å². The Morgan fingerprint density at radius 2 is 1.96 bits per heavy atom. The molecule has 0 amide bonds. The van der Waals surface area contributed by atoms with Crippen LogP contribution in [0.25, 0.3) is 0 Å². The van der Waals surface area contributed by atoms with Gasteiger partial charge in [0, 0.05) is 36.7 Å². The van der Waals surface area contributed by atoms with Gasteiger partial charge in [-0.15, -0.1) is 0 Å². The molecule has 140 valence electrons. The van der Waals surface area contributed by atoms with Crippen molar-refractivity contribution in [2.75, 3.05) is 45.9 Å². The van der Waals surface area contributed by atoms with Crippen molar-refractivity contribution in [3.63, 3.8) is 0 Å². The maximum absolute atomic E-state index is 6.22. The van der Waals surface area contributed by atoms with Crippen molar-refractivity contribution < 1.29 is 4.74 Å². The van der Waals surface area contributed by atoms with E-state index < -0.39 is 0 Å². The maximum atomic E-state index is 6.22. The Labute approximate surface area is 156 Å². The van der Waals surface area contributed by atoms with Crippen LogP contribution in [0.1, 0.15) is 26.3 Å². The molecule has 1 aromatic carbocycles. The summed E-state index contributed by atoms with van der Waals surface area (Å²) in [5.74, 6) is 0.857. The predicted octanol–water partition coefficient (Wildman–Crippen LogP) is 2.55. The normalized spacial score (nSPS) is 16.7. The number of aliphatic imine (C=N–C) groups is 1. The van der Waals surface area contributed by atoms with Gasteiger partial charge in [-0.05, 0) is 38.8 Å². The summed E-state index contributed by atoms with van der Waals surface area (Å²) in [5.41, 5.74) is 1.18. The molecule has 1 heterocycles. The van der Waals surface area contributed by atoms with Crippen molar-refractivity contribution in [1.29, 1.82) is 0 Å². The second-order valence-corrected chi connectivity index (χ2v) is 7.28. The smallest absolute Gasteiger partial charge is 0.191 e. The first-order valence-corrected chi connectivity index (χ1v) is 9.49. The van der Waals surface area contributed by atoms with Gasteiger partial charge in [0.2, 0.25) is 0 Å². The molecule has 0 bridgehead atoms. The van der Waals surface area contributed by atoms with Gasteiger partial charge < -0.3 is 15.4 Å². The summed E-state index contributed by atoms with van der Waals surface area (Å²) in [6, 6.07) is 7.97. The standard InChI is InChI=1S/C19H31ClN4O/c1-4-21-18(22-10-9-16-7-5-6-8-17(16)20)23-15-19(2,3)24-11-13-25-14-12-24/h5-8H,4,9-15H2,1-3H3,(H2,21,22,23). The number of hydrogen-bond donors (Lipinski definition) is 2. The predicted molar refractivity (Wildman–Crippen MR) is 106 cm³/mol. The molecule has 6 heteroatoms. The molecule has 1 aromatic rings. The van der Waals surface area contributed by atoms with Gasteiger partial charge in [-0.1, -0.05) is 29.8 Å². The van der Waals surface area contributed by atoms with Crippen molar-refractivity contribution in [2.45, 2.75) is 32.7 Å². The minimum absolute atomic E-state index is 0.0227. The zero-order chi connectivity index (χ0) is 18.1. The van der Waals surface area contributed by atoms with Crippen LogP contribution in [0.4, 0.5) is 0 Å². The average Bonchev–Trinajstić information content (AvgIpc) is 2.62. The van der Waals surface area contributed by atoms with E-state index in [4.69, 9.17) is 21.3 Å². The number of nitrogens with one attached hydrogen (secondary N) is 2. The molecule has 0 saturated carbocycles. The Balaban J connectivity index is 1.87. The highest BCUT2D eigenvalue weighted by molar-refractivity contribution is 6.31. The zero-order valence-electron chi connectivity index (χ0n) is 15.6. The van der Waals surface area contributed by atoms with E-state index in [9.17, 15) is 0 Å². The Hall–Kier alpha value is -1.30. The van der Waals surface area contributed by atoms with Gasteiger partial charge in [-0.25, -0.2) is 0 Å². The van der Waals surface area contributed by atoms with Gasteiger partial charge >= 0.3 is 0 Å². The van der Waals surface area contributed by atoms with E-state index >= 15 is 0 Å². The van der Waals surface area contributed by atoms with Crippen molar-refractivity contribution >= 4 is 17.6 Å². The fraction of sp³-hybridized carbons (Fsp3) is 0.632. The van der Waals surface area contributed by atoms with Crippen LogP contribution in [-0.2, 0) is 11.2 Å². The molecule has 1 aliphatic rings.